The molecule has 32 heavy (non-hydrogen) atoms. The predicted molar refractivity (Wildman–Crippen MR) is 128 cm³/mol. The van der Waals surface area contributed by atoms with Gasteiger partial charge in [0.15, 0.2) is 0 Å². The molecule has 1 aliphatic carbocycles. The second kappa shape index (κ2) is 8.53. The summed E-state index contributed by atoms with van der Waals surface area (Å²) in [5, 5.41) is 0. The van der Waals surface area contributed by atoms with Gasteiger partial charge >= 0.3 is 0 Å². The molecule has 1 aromatic carbocycles. The topological polar surface area (TPSA) is 51.1 Å². The summed E-state index contributed by atoms with van der Waals surface area (Å²) in [6, 6.07) is 8.73. The van der Waals surface area contributed by atoms with Crippen LogP contribution in [0.4, 0.5) is 5.82 Å². The van der Waals surface area contributed by atoms with Crippen LogP contribution in [0.5, 0.6) is 5.75 Å². The number of pyridine rings is 1. The standard InChI is InChI=1S/C27H32N4O/c1-5-20-6-8-25-24(13-20)27(30-19(4)29-25)31-10-11-32-26-9-7-21(14-23(26)16-31)22-12-17(2)18(3)28-15-22/h7,9,12,14-15,20H,5-6,8,10-11,13,16H2,1-4H3. The number of anilines is 1. The summed E-state index contributed by atoms with van der Waals surface area (Å²) >= 11 is 0. The van der Waals surface area contributed by atoms with Crippen LogP contribution >= 0.6 is 0 Å². The Labute approximate surface area is 190 Å². The number of aromatic nitrogens is 3. The van der Waals surface area contributed by atoms with Crippen LogP contribution < -0.4 is 9.64 Å². The minimum Gasteiger partial charge on any atom is -0.491 e. The van der Waals surface area contributed by atoms with Crippen LogP contribution in [0.25, 0.3) is 11.1 Å². The van der Waals surface area contributed by atoms with Gasteiger partial charge in [-0.1, -0.05) is 19.4 Å². The Balaban J connectivity index is 1.51. The average molecular weight is 429 g/mol. The van der Waals surface area contributed by atoms with Gasteiger partial charge in [-0.15, -0.1) is 0 Å². The molecule has 1 atom stereocenters. The number of rotatable bonds is 3. The first-order valence-electron chi connectivity index (χ1n) is 11.8. The van der Waals surface area contributed by atoms with Gasteiger partial charge in [0.2, 0.25) is 0 Å². The van der Waals surface area contributed by atoms with E-state index in [1.807, 2.05) is 13.1 Å². The Kier molecular flexibility index (Phi) is 5.58. The van der Waals surface area contributed by atoms with Crippen molar-refractivity contribution >= 4 is 5.82 Å². The number of hydrogen-bond donors (Lipinski definition) is 0. The number of fused-ring (bicyclic) bond motifs is 2. The summed E-state index contributed by atoms with van der Waals surface area (Å²) in [5.41, 5.74) is 8.41. The molecule has 0 radical (unpaired) electrons. The Morgan fingerprint density at radius 1 is 1.09 bits per heavy atom. The number of ether oxygens (including phenoxy) is 1. The number of aryl methyl sites for hydroxylation is 4. The van der Waals surface area contributed by atoms with Gasteiger partial charge in [-0.3, -0.25) is 4.98 Å². The minimum absolute atomic E-state index is 0.659. The first-order valence-corrected chi connectivity index (χ1v) is 11.8. The van der Waals surface area contributed by atoms with Gasteiger partial charge < -0.3 is 9.64 Å². The molecular weight excluding hydrogens is 396 g/mol. The van der Waals surface area contributed by atoms with Crippen molar-refractivity contribution in [1.82, 2.24) is 15.0 Å². The zero-order valence-electron chi connectivity index (χ0n) is 19.6. The molecule has 5 nitrogen and oxygen atoms in total. The van der Waals surface area contributed by atoms with Crippen LogP contribution in [0.15, 0.2) is 30.5 Å². The van der Waals surface area contributed by atoms with Crippen LogP contribution in [-0.4, -0.2) is 28.1 Å². The fourth-order valence-electron chi connectivity index (χ4n) is 4.95. The molecule has 3 heterocycles. The lowest BCUT2D eigenvalue weighted by molar-refractivity contribution is 0.331. The van der Waals surface area contributed by atoms with E-state index >= 15 is 0 Å². The maximum absolute atomic E-state index is 6.15. The normalized spacial score (nSPS) is 17.9. The highest BCUT2D eigenvalue weighted by atomic mass is 16.5. The van der Waals surface area contributed by atoms with E-state index in [4.69, 9.17) is 14.7 Å². The molecule has 0 fully saturated rings. The lowest BCUT2D eigenvalue weighted by Crippen LogP contribution is -2.30. The summed E-state index contributed by atoms with van der Waals surface area (Å²) in [6.07, 6.45) is 6.56. The Morgan fingerprint density at radius 3 is 2.78 bits per heavy atom. The molecule has 0 saturated carbocycles. The van der Waals surface area contributed by atoms with Gasteiger partial charge in [-0.2, -0.15) is 0 Å². The van der Waals surface area contributed by atoms with Gasteiger partial charge in [0.05, 0.1) is 6.54 Å². The van der Waals surface area contributed by atoms with Crippen molar-refractivity contribution in [1.29, 1.82) is 0 Å². The third-order valence-electron chi connectivity index (χ3n) is 7.06. The molecule has 0 spiro atoms. The van der Waals surface area contributed by atoms with Crippen molar-refractivity contribution in [3.63, 3.8) is 0 Å². The molecule has 0 saturated heterocycles. The smallest absolute Gasteiger partial charge is 0.136 e. The van der Waals surface area contributed by atoms with Crippen LogP contribution in [0.1, 0.15) is 53.7 Å². The molecular formula is C27H32N4O. The van der Waals surface area contributed by atoms with E-state index in [0.29, 0.717) is 6.61 Å². The highest BCUT2D eigenvalue weighted by Crippen LogP contribution is 2.35. The fourth-order valence-corrected chi connectivity index (χ4v) is 4.95. The second-order valence-electron chi connectivity index (χ2n) is 9.26. The average Bonchev–Trinajstić information content (AvgIpc) is 3.02. The molecule has 5 heteroatoms. The van der Waals surface area contributed by atoms with Gasteiger partial charge in [-0.05, 0) is 75.3 Å². The van der Waals surface area contributed by atoms with Crippen molar-refractivity contribution in [2.75, 3.05) is 18.1 Å². The summed E-state index contributed by atoms with van der Waals surface area (Å²) in [6.45, 7) is 10.8. The lowest BCUT2D eigenvalue weighted by Gasteiger charge is -2.30. The molecule has 0 N–H and O–H groups in total. The number of hydrogen-bond acceptors (Lipinski definition) is 5. The first kappa shape index (κ1) is 20.9. The summed E-state index contributed by atoms with van der Waals surface area (Å²) in [7, 11) is 0. The van der Waals surface area contributed by atoms with Gasteiger partial charge in [0, 0.05) is 40.8 Å². The molecule has 2 aliphatic rings. The zero-order valence-corrected chi connectivity index (χ0v) is 19.6. The van der Waals surface area contributed by atoms with Crippen LogP contribution in [0.2, 0.25) is 0 Å². The molecule has 0 amide bonds. The van der Waals surface area contributed by atoms with E-state index in [2.05, 4.69) is 54.9 Å². The maximum atomic E-state index is 6.15. The first-order chi connectivity index (χ1) is 15.5. The second-order valence-corrected chi connectivity index (χ2v) is 9.26. The van der Waals surface area contributed by atoms with Crippen molar-refractivity contribution in [2.45, 2.75) is 59.9 Å². The summed E-state index contributed by atoms with van der Waals surface area (Å²) in [4.78, 5) is 16.7. The monoisotopic (exact) mass is 428 g/mol. The van der Waals surface area contributed by atoms with Crippen LogP contribution in [0, 0.1) is 26.7 Å². The van der Waals surface area contributed by atoms with Crippen molar-refractivity contribution in [3.8, 4) is 16.9 Å². The summed E-state index contributed by atoms with van der Waals surface area (Å²) < 4.78 is 6.15. The van der Waals surface area contributed by atoms with E-state index in [9.17, 15) is 0 Å². The fraction of sp³-hybridized carbons (Fsp3) is 0.444. The Bertz CT molecular complexity index is 1160. The number of benzene rings is 1. The molecule has 0 bridgehead atoms. The highest BCUT2D eigenvalue weighted by Gasteiger charge is 2.27. The quantitative estimate of drug-likeness (QED) is 0.561. The third kappa shape index (κ3) is 3.96. The minimum atomic E-state index is 0.659. The molecule has 2 aromatic heterocycles. The van der Waals surface area contributed by atoms with Gasteiger partial charge in [-0.25, -0.2) is 9.97 Å². The van der Waals surface area contributed by atoms with Crippen molar-refractivity contribution < 1.29 is 4.74 Å². The number of nitrogens with zero attached hydrogens (tertiary/aromatic N) is 4. The Hall–Kier alpha value is -2.95. The van der Waals surface area contributed by atoms with Crippen molar-refractivity contribution in [3.05, 3.63) is 64.4 Å². The third-order valence-corrected chi connectivity index (χ3v) is 7.06. The SMILES string of the molecule is CCC1CCc2nc(C)nc(N3CCOc4ccc(-c5cnc(C)c(C)c5)cc4C3)c2C1. The van der Waals surface area contributed by atoms with E-state index in [1.165, 1.54) is 40.8 Å². The van der Waals surface area contributed by atoms with E-state index in [-0.39, 0.29) is 0 Å². The maximum Gasteiger partial charge on any atom is 0.136 e. The predicted octanol–water partition coefficient (Wildman–Crippen LogP) is 5.38. The molecule has 166 valence electrons. The Morgan fingerprint density at radius 2 is 1.97 bits per heavy atom. The largest absolute Gasteiger partial charge is 0.491 e. The molecule has 3 aromatic rings. The van der Waals surface area contributed by atoms with E-state index < -0.39 is 0 Å². The van der Waals surface area contributed by atoms with Crippen LogP contribution in [0.3, 0.4) is 0 Å². The summed E-state index contributed by atoms with van der Waals surface area (Å²) in [5.74, 6) is 3.68. The molecule has 1 aliphatic heterocycles. The van der Waals surface area contributed by atoms with Crippen LogP contribution in [-0.2, 0) is 19.4 Å². The van der Waals surface area contributed by atoms with E-state index in [1.54, 1.807) is 0 Å². The molecule has 1 unspecified atom stereocenters. The molecule has 5 rings (SSSR count). The van der Waals surface area contributed by atoms with Gasteiger partial charge in [0.1, 0.15) is 24.0 Å². The highest BCUT2D eigenvalue weighted by molar-refractivity contribution is 5.66. The van der Waals surface area contributed by atoms with Crippen molar-refractivity contribution in [2.24, 2.45) is 5.92 Å². The van der Waals surface area contributed by atoms with E-state index in [0.717, 1.165) is 60.5 Å². The lowest BCUT2D eigenvalue weighted by atomic mass is 9.85. The zero-order chi connectivity index (χ0) is 22.2. The van der Waals surface area contributed by atoms with Gasteiger partial charge in [0.25, 0.3) is 0 Å².